The van der Waals surface area contributed by atoms with Gasteiger partial charge < -0.3 is 10.6 Å². The molecule has 1 aromatic rings. The van der Waals surface area contributed by atoms with Gasteiger partial charge in [-0.3, -0.25) is 4.79 Å². The molecule has 2 saturated carbocycles. The fourth-order valence-corrected chi connectivity index (χ4v) is 4.63. The predicted octanol–water partition coefficient (Wildman–Crippen LogP) is 3.81. The van der Waals surface area contributed by atoms with E-state index in [0.29, 0.717) is 5.92 Å². The van der Waals surface area contributed by atoms with Crippen LogP contribution in [0.1, 0.15) is 44.1 Å². The standard InChI is InChI=1S/C18H24N2O/c21-18(11-15-9-12-3-4-13(15)8-12)20-16-5-6-17-14(10-16)2-1-7-19-17/h5-6,10,12-13,15,19H,1-4,7-9,11H2,(H,20,21). The van der Waals surface area contributed by atoms with Crippen LogP contribution in [0.4, 0.5) is 11.4 Å². The van der Waals surface area contributed by atoms with Crippen molar-refractivity contribution in [2.24, 2.45) is 17.8 Å². The monoisotopic (exact) mass is 284 g/mol. The second-order valence-electron chi connectivity index (χ2n) is 7.09. The van der Waals surface area contributed by atoms with Crippen LogP contribution in [-0.4, -0.2) is 12.5 Å². The lowest BCUT2D eigenvalue weighted by atomic mass is 9.86. The minimum atomic E-state index is 0.205. The Kier molecular flexibility index (Phi) is 3.36. The highest BCUT2D eigenvalue weighted by atomic mass is 16.1. The summed E-state index contributed by atoms with van der Waals surface area (Å²) in [5, 5.41) is 6.52. The molecule has 112 valence electrons. The van der Waals surface area contributed by atoms with E-state index in [1.54, 1.807) is 0 Å². The quantitative estimate of drug-likeness (QED) is 0.886. The smallest absolute Gasteiger partial charge is 0.224 e. The Balaban J connectivity index is 1.38. The molecule has 3 unspecified atom stereocenters. The first-order chi connectivity index (χ1) is 10.3. The van der Waals surface area contributed by atoms with Gasteiger partial charge in [-0.25, -0.2) is 0 Å². The molecule has 1 aromatic carbocycles. The molecular formula is C18H24N2O. The van der Waals surface area contributed by atoms with Gasteiger partial charge in [0.1, 0.15) is 0 Å². The highest BCUT2D eigenvalue weighted by molar-refractivity contribution is 5.91. The number of anilines is 2. The topological polar surface area (TPSA) is 41.1 Å². The summed E-state index contributed by atoms with van der Waals surface area (Å²) < 4.78 is 0. The first-order valence-electron chi connectivity index (χ1n) is 8.44. The zero-order chi connectivity index (χ0) is 14.2. The summed E-state index contributed by atoms with van der Waals surface area (Å²) in [5.41, 5.74) is 3.52. The number of carbonyl (C=O) groups is 1. The van der Waals surface area contributed by atoms with Crippen molar-refractivity contribution in [3.63, 3.8) is 0 Å². The molecule has 3 aliphatic rings. The Morgan fingerprint density at radius 2 is 2.24 bits per heavy atom. The molecule has 0 radical (unpaired) electrons. The zero-order valence-corrected chi connectivity index (χ0v) is 12.5. The maximum Gasteiger partial charge on any atom is 0.224 e. The van der Waals surface area contributed by atoms with Gasteiger partial charge in [0.15, 0.2) is 0 Å². The highest BCUT2D eigenvalue weighted by Gasteiger charge is 2.40. The summed E-state index contributed by atoms with van der Waals surface area (Å²) >= 11 is 0. The maximum absolute atomic E-state index is 12.3. The van der Waals surface area contributed by atoms with Crippen LogP contribution in [-0.2, 0) is 11.2 Å². The van der Waals surface area contributed by atoms with Gasteiger partial charge in [0.25, 0.3) is 0 Å². The first kappa shape index (κ1) is 13.2. The summed E-state index contributed by atoms with van der Waals surface area (Å²) in [5.74, 6) is 2.59. The molecule has 2 N–H and O–H groups in total. The number of hydrogen-bond acceptors (Lipinski definition) is 2. The minimum Gasteiger partial charge on any atom is -0.385 e. The van der Waals surface area contributed by atoms with Gasteiger partial charge in [-0.15, -0.1) is 0 Å². The molecule has 4 rings (SSSR count). The lowest BCUT2D eigenvalue weighted by Crippen LogP contribution is -2.20. The summed E-state index contributed by atoms with van der Waals surface area (Å²) in [6.07, 6.45) is 8.42. The van der Waals surface area contributed by atoms with E-state index in [2.05, 4.69) is 22.8 Å². The van der Waals surface area contributed by atoms with Gasteiger partial charge in [-0.1, -0.05) is 6.42 Å². The molecule has 2 fully saturated rings. The average molecular weight is 284 g/mol. The Labute approximate surface area is 126 Å². The third kappa shape index (κ3) is 2.66. The van der Waals surface area contributed by atoms with Crippen LogP contribution in [0.25, 0.3) is 0 Å². The fraction of sp³-hybridized carbons (Fsp3) is 0.611. The molecule has 3 atom stereocenters. The van der Waals surface area contributed by atoms with Gasteiger partial charge in [-0.2, -0.15) is 0 Å². The number of aryl methyl sites for hydroxylation is 1. The van der Waals surface area contributed by atoms with Crippen LogP contribution >= 0.6 is 0 Å². The highest BCUT2D eigenvalue weighted by Crippen LogP contribution is 2.49. The second-order valence-corrected chi connectivity index (χ2v) is 7.09. The van der Waals surface area contributed by atoms with Gasteiger partial charge in [0.05, 0.1) is 0 Å². The maximum atomic E-state index is 12.3. The third-order valence-corrected chi connectivity index (χ3v) is 5.66. The Bertz CT molecular complexity index is 554. The van der Waals surface area contributed by atoms with E-state index < -0.39 is 0 Å². The average Bonchev–Trinajstić information content (AvgIpc) is 3.09. The van der Waals surface area contributed by atoms with Crippen LogP contribution < -0.4 is 10.6 Å². The molecular weight excluding hydrogens is 260 g/mol. The first-order valence-corrected chi connectivity index (χ1v) is 8.44. The normalized spacial score (nSPS) is 29.8. The molecule has 1 heterocycles. The van der Waals surface area contributed by atoms with E-state index in [1.165, 1.54) is 43.4 Å². The third-order valence-electron chi connectivity index (χ3n) is 5.66. The van der Waals surface area contributed by atoms with Crippen molar-refractivity contribution in [1.29, 1.82) is 0 Å². The number of rotatable bonds is 3. The SMILES string of the molecule is O=C(CC1CC2CCC1C2)Nc1ccc2c(c1)CCCN2. The van der Waals surface area contributed by atoms with Crippen molar-refractivity contribution in [2.45, 2.75) is 44.9 Å². The van der Waals surface area contributed by atoms with Crippen LogP contribution in [0.2, 0.25) is 0 Å². The molecule has 2 aliphatic carbocycles. The number of nitrogens with one attached hydrogen (secondary N) is 2. The number of carbonyl (C=O) groups excluding carboxylic acids is 1. The van der Waals surface area contributed by atoms with Gasteiger partial charge in [0, 0.05) is 24.3 Å². The van der Waals surface area contributed by atoms with E-state index in [-0.39, 0.29) is 5.91 Å². The van der Waals surface area contributed by atoms with Gasteiger partial charge in [-0.05, 0) is 73.6 Å². The molecule has 1 aliphatic heterocycles. The van der Waals surface area contributed by atoms with Crippen LogP contribution in [0.15, 0.2) is 18.2 Å². The molecule has 0 saturated heterocycles. The van der Waals surface area contributed by atoms with Crippen molar-refractivity contribution in [3.8, 4) is 0 Å². The summed E-state index contributed by atoms with van der Waals surface area (Å²) in [6, 6.07) is 6.26. The molecule has 0 spiro atoms. The van der Waals surface area contributed by atoms with Crippen molar-refractivity contribution < 1.29 is 4.79 Å². The zero-order valence-electron chi connectivity index (χ0n) is 12.5. The van der Waals surface area contributed by atoms with E-state index in [9.17, 15) is 4.79 Å². The number of benzene rings is 1. The number of amides is 1. The molecule has 21 heavy (non-hydrogen) atoms. The van der Waals surface area contributed by atoms with Crippen LogP contribution in [0, 0.1) is 17.8 Å². The van der Waals surface area contributed by atoms with Crippen LogP contribution in [0.5, 0.6) is 0 Å². The Hall–Kier alpha value is -1.51. The van der Waals surface area contributed by atoms with Crippen molar-refractivity contribution in [1.82, 2.24) is 0 Å². The number of fused-ring (bicyclic) bond motifs is 3. The largest absolute Gasteiger partial charge is 0.385 e. The van der Waals surface area contributed by atoms with Gasteiger partial charge in [0.2, 0.25) is 5.91 Å². The van der Waals surface area contributed by atoms with Crippen molar-refractivity contribution >= 4 is 17.3 Å². The van der Waals surface area contributed by atoms with Crippen LogP contribution in [0.3, 0.4) is 0 Å². The molecule has 2 bridgehead atoms. The lowest BCUT2D eigenvalue weighted by molar-refractivity contribution is -0.117. The number of hydrogen-bond donors (Lipinski definition) is 2. The van der Waals surface area contributed by atoms with Crippen molar-refractivity contribution in [3.05, 3.63) is 23.8 Å². The fourth-order valence-electron chi connectivity index (χ4n) is 4.63. The molecule has 3 heteroatoms. The van der Waals surface area contributed by atoms with E-state index in [0.717, 1.165) is 36.9 Å². The lowest BCUT2D eigenvalue weighted by Gasteiger charge is -2.21. The Morgan fingerprint density at radius 1 is 1.29 bits per heavy atom. The second kappa shape index (κ2) is 5.36. The summed E-state index contributed by atoms with van der Waals surface area (Å²) in [7, 11) is 0. The molecule has 0 aromatic heterocycles. The summed E-state index contributed by atoms with van der Waals surface area (Å²) in [6.45, 7) is 1.06. The minimum absolute atomic E-state index is 0.205. The molecule has 1 amide bonds. The van der Waals surface area contributed by atoms with Crippen molar-refractivity contribution in [2.75, 3.05) is 17.2 Å². The molecule has 3 nitrogen and oxygen atoms in total. The van der Waals surface area contributed by atoms with Gasteiger partial charge >= 0.3 is 0 Å². The predicted molar refractivity (Wildman–Crippen MR) is 85.4 cm³/mol. The van der Waals surface area contributed by atoms with E-state index in [4.69, 9.17) is 0 Å². The summed E-state index contributed by atoms with van der Waals surface area (Å²) in [4.78, 5) is 12.3. The van der Waals surface area contributed by atoms with E-state index >= 15 is 0 Å². The Morgan fingerprint density at radius 3 is 3.05 bits per heavy atom. The van der Waals surface area contributed by atoms with E-state index in [1.807, 2.05) is 6.07 Å².